The highest BCUT2D eigenvalue weighted by Gasteiger charge is 2.25. The molecule has 0 amide bonds. The number of unbranched alkanes of at least 4 members (excludes halogenated alkanes) is 2. The van der Waals surface area contributed by atoms with Gasteiger partial charge < -0.3 is 53.1 Å². The van der Waals surface area contributed by atoms with Gasteiger partial charge in [-0.05, 0) is 132 Å². The zero-order valence-corrected chi connectivity index (χ0v) is 66.3. The number of H-pyrrole nitrogens is 1. The smallest absolute Gasteiger partial charge is 0.189 e. The van der Waals surface area contributed by atoms with Crippen LogP contribution in [-0.4, -0.2) is 77.6 Å². The van der Waals surface area contributed by atoms with Gasteiger partial charge in [0.2, 0.25) is 0 Å². The van der Waals surface area contributed by atoms with Crippen LogP contribution >= 0.6 is 77.2 Å². The summed E-state index contributed by atoms with van der Waals surface area (Å²) in [6.45, 7) is 9.55. The summed E-state index contributed by atoms with van der Waals surface area (Å²) in [5, 5.41) is 40.4. The van der Waals surface area contributed by atoms with E-state index in [1.807, 2.05) is 141 Å². The van der Waals surface area contributed by atoms with Crippen LogP contribution in [0.25, 0.3) is 120 Å². The van der Waals surface area contributed by atoms with Gasteiger partial charge in [0.1, 0.15) is 47.4 Å². The van der Waals surface area contributed by atoms with E-state index in [0.717, 1.165) is 166 Å². The van der Waals surface area contributed by atoms with Crippen molar-refractivity contribution in [3.05, 3.63) is 272 Å². The number of fused-ring (bicyclic) bond motifs is 9. The Morgan fingerprint density at radius 3 is 0.982 bits per heavy atom. The number of para-hydroxylation sites is 10. The van der Waals surface area contributed by atoms with Gasteiger partial charge in [0.25, 0.3) is 0 Å². The lowest BCUT2D eigenvalue weighted by molar-refractivity contribution is -0.0980. The molecule has 7 aromatic heterocycles. The minimum absolute atomic E-state index is 0.210. The second-order valence-electron chi connectivity index (χ2n) is 25.0. The third-order valence-corrected chi connectivity index (χ3v) is 23.7. The van der Waals surface area contributed by atoms with Crippen molar-refractivity contribution >= 4 is 149 Å². The Morgan fingerprint density at radius 1 is 0.339 bits per heavy atom. The average Bonchev–Trinajstić information content (AvgIpc) is 1.60. The van der Waals surface area contributed by atoms with Crippen molar-refractivity contribution in [3.8, 4) is 101 Å². The Balaban J connectivity index is 0.000000160. The Kier molecular flexibility index (Phi) is 24.9. The summed E-state index contributed by atoms with van der Waals surface area (Å²) in [5.74, 6) is 5.26. The molecule has 3 N–H and O–H groups in total. The topological polar surface area (TPSA) is 148 Å². The number of nitrogens with zero attached hydrogens (tertiary/aromatic N) is 2. The van der Waals surface area contributed by atoms with Crippen molar-refractivity contribution in [2.75, 3.05) is 46.4 Å². The fourth-order valence-electron chi connectivity index (χ4n) is 13.5. The molecule has 0 fully saturated rings. The maximum Gasteiger partial charge on any atom is 0.189 e. The lowest BCUT2D eigenvalue weighted by Crippen LogP contribution is -2.04. The molecule has 0 saturated carbocycles. The van der Waals surface area contributed by atoms with Gasteiger partial charge in [-0.15, -0.1) is 45.3 Å². The third-order valence-electron chi connectivity index (χ3n) is 18.5. The fraction of sp³-hybridized carbons (Fsp3) is 0.144. The summed E-state index contributed by atoms with van der Waals surface area (Å²) in [6.07, 6.45) is 3.29. The zero-order valence-electron chi connectivity index (χ0n) is 59.8. The number of hydrogen-bond acceptors (Lipinski definition) is 14. The number of rotatable bonds is 26. The Bertz CT molecular complexity index is 5570. The molecule has 109 heavy (non-hydrogen) atoms. The van der Waals surface area contributed by atoms with Crippen LogP contribution in [0.4, 0.5) is 0 Å². The number of hydrogen-bond donors (Lipinski definition) is 3. The largest absolute Gasteiger partial charge is 0.504 e. The predicted molar refractivity (Wildman–Crippen MR) is 458 cm³/mol. The van der Waals surface area contributed by atoms with Gasteiger partial charge in [-0.3, -0.25) is 9.13 Å². The number of halogens is 2. The highest BCUT2D eigenvalue weighted by molar-refractivity contribution is 9.11. The van der Waals surface area contributed by atoms with Gasteiger partial charge in [-0.2, -0.15) is 0 Å². The van der Waals surface area contributed by atoms with E-state index < -0.39 is 0 Å². The lowest BCUT2D eigenvalue weighted by atomic mass is 10.1. The molecule has 550 valence electrons. The summed E-state index contributed by atoms with van der Waals surface area (Å²) in [6, 6.07) is 82.0. The van der Waals surface area contributed by atoms with Crippen molar-refractivity contribution in [3.63, 3.8) is 0 Å². The molecule has 13 nitrogen and oxygen atoms in total. The number of carbonyl (C=O) groups is 1. The average molecular weight is 1650 g/mol. The maximum atomic E-state index is 11.7. The molecule has 0 saturated heterocycles. The lowest BCUT2D eigenvalue weighted by Gasteiger charge is -2.14. The summed E-state index contributed by atoms with van der Waals surface area (Å²) < 4.78 is 48.4. The molecule has 0 radical (unpaired) electrons. The van der Waals surface area contributed by atoms with Crippen LogP contribution in [0, 0.1) is 0 Å². The van der Waals surface area contributed by atoms with Gasteiger partial charge >= 0.3 is 0 Å². The van der Waals surface area contributed by atoms with Gasteiger partial charge in [-0.25, -0.2) is 0 Å². The molecule has 0 unspecified atom stereocenters. The van der Waals surface area contributed by atoms with E-state index in [1.54, 1.807) is 22.7 Å². The van der Waals surface area contributed by atoms with Crippen molar-refractivity contribution in [2.45, 2.75) is 39.5 Å². The number of benzene rings is 10. The molecule has 10 aromatic carbocycles. The molecule has 0 spiro atoms. The Morgan fingerprint density at radius 2 is 0.633 bits per heavy atom. The first-order chi connectivity index (χ1) is 53.8. The molecule has 17 aromatic rings. The highest BCUT2D eigenvalue weighted by atomic mass is 79.9. The van der Waals surface area contributed by atoms with Crippen molar-refractivity contribution in [1.29, 1.82) is 0 Å². The van der Waals surface area contributed by atoms with Crippen LogP contribution in [-0.2, 0) is 9.53 Å². The van der Waals surface area contributed by atoms with E-state index in [2.05, 4.69) is 190 Å². The van der Waals surface area contributed by atoms with Crippen LogP contribution in [0.5, 0.6) is 46.0 Å². The highest BCUT2D eigenvalue weighted by Crippen LogP contribution is 2.50. The van der Waals surface area contributed by atoms with Gasteiger partial charge in [0.05, 0.1) is 55.1 Å². The van der Waals surface area contributed by atoms with Crippen LogP contribution < -0.4 is 28.4 Å². The van der Waals surface area contributed by atoms with Crippen LogP contribution in [0.15, 0.2) is 272 Å². The fourth-order valence-corrected chi connectivity index (χ4v) is 18.1. The molecular weight excluding hydrogens is 1570 g/mol. The van der Waals surface area contributed by atoms with E-state index in [1.165, 1.54) is 44.5 Å². The minimum atomic E-state index is 0.210. The first kappa shape index (κ1) is 75.2. The molecule has 0 aliphatic rings. The minimum Gasteiger partial charge on any atom is -0.504 e. The molecular formula is C90H77Br2N3O10S4. The standard InChI is InChI=1S/C48H36N2O4S2.C29H30Br2O5S2.C12H9N.CH2O/c51-45-37(29-55-47(45)49-39-21-7-1-15-31(39)32-16-2-8-22-40(32)49)35-19-5-11-25-43(35)53-27-13-14-28-54-44-26-12-6-20-36(44)38-30-56-48(46(38)52)50-41-23-9-3-17-33(41)34-18-4-10-24-42(34)50;1-3-32-19-36-27-23(18-38-29(27)31)21-12-6-8-14-25(21)35-16-10-9-15-34-24-13-7-5-11-20(24)22-17-37-28(30)26(22)33-4-2;1-3-7-11-9(5-1)10-6-2-4-8-12(10)13-11;1-2/h1-12,15-26,29-30,51-52H,13-14,27-28H2;5-8,11-14,17-18H,3-4,9-10,15-16,19H2,1-2H3;1-8,13H;1H2. The SMILES string of the molecule is C=O.CCOCOc1c(-c2ccccc2OCCCCOc2ccccc2-c2csc(Br)c2OCC)csc1Br.Oc1c(-c2ccccc2OCCCCOc2ccccc2-c2csc(-n3c4ccccc4c4ccccc43)c2O)csc1-n1c2ccccc2c2ccccc21.c1ccc2c(c1)[nH]c1ccccc12. The second kappa shape index (κ2) is 36.1. The molecule has 19 heteroatoms. The van der Waals surface area contributed by atoms with Crippen molar-refractivity contribution in [1.82, 2.24) is 14.1 Å². The number of aromatic amines is 1. The van der Waals surface area contributed by atoms with Crippen LogP contribution in [0.2, 0.25) is 0 Å². The summed E-state index contributed by atoms with van der Waals surface area (Å²) in [5.41, 5.74) is 13.9. The van der Waals surface area contributed by atoms with Crippen molar-refractivity contribution in [2.24, 2.45) is 0 Å². The van der Waals surface area contributed by atoms with E-state index in [9.17, 15) is 10.2 Å². The molecule has 17 rings (SSSR count). The van der Waals surface area contributed by atoms with E-state index in [0.29, 0.717) is 39.6 Å². The molecule has 0 bridgehead atoms. The molecule has 0 atom stereocenters. The summed E-state index contributed by atoms with van der Waals surface area (Å²) >= 11 is 13.5. The number of ether oxygens (including phenoxy) is 7. The van der Waals surface area contributed by atoms with Gasteiger partial charge in [0, 0.05) is 116 Å². The first-order valence-corrected chi connectivity index (χ1v) is 40.9. The molecule has 0 aliphatic carbocycles. The first-order valence-electron chi connectivity index (χ1n) is 35.8. The van der Waals surface area contributed by atoms with Crippen molar-refractivity contribution < 1.29 is 48.2 Å². The Labute approximate surface area is 664 Å². The van der Waals surface area contributed by atoms with E-state index >= 15 is 0 Å². The summed E-state index contributed by atoms with van der Waals surface area (Å²) in [4.78, 5) is 11.4. The molecule has 7 heterocycles. The number of thiophene rings is 4. The van der Waals surface area contributed by atoms with E-state index in [-0.39, 0.29) is 18.3 Å². The predicted octanol–water partition coefficient (Wildman–Crippen LogP) is 25.8. The van der Waals surface area contributed by atoms with E-state index in [4.69, 9.17) is 38.0 Å². The number of aromatic nitrogens is 3. The summed E-state index contributed by atoms with van der Waals surface area (Å²) in [7, 11) is 0. The normalized spacial score (nSPS) is 11.2. The molecule has 0 aliphatic heterocycles. The van der Waals surface area contributed by atoms with Gasteiger partial charge in [-0.1, -0.05) is 182 Å². The van der Waals surface area contributed by atoms with Gasteiger partial charge in [0.15, 0.2) is 29.8 Å². The Hall–Kier alpha value is -10.6. The zero-order chi connectivity index (χ0) is 75.0. The number of aromatic hydroxyl groups is 2. The number of carbonyl (C=O) groups excluding carboxylic acids is 1. The maximum absolute atomic E-state index is 11.7. The van der Waals surface area contributed by atoms with Crippen LogP contribution in [0.3, 0.4) is 0 Å². The third kappa shape index (κ3) is 16.3. The number of nitrogens with one attached hydrogen (secondary N) is 1. The quantitative estimate of drug-likeness (QED) is 0.0353. The second-order valence-corrected chi connectivity index (χ2v) is 31.2. The monoisotopic (exact) mass is 1650 g/mol. The van der Waals surface area contributed by atoms with Crippen LogP contribution in [0.1, 0.15) is 39.5 Å².